The van der Waals surface area contributed by atoms with Crippen LogP contribution in [0.3, 0.4) is 0 Å². The highest BCUT2D eigenvalue weighted by Crippen LogP contribution is 2.29. The molecule has 0 aliphatic carbocycles. The molecule has 0 spiro atoms. The van der Waals surface area contributed by atoms with E-state index in [2.05, 4.69) is 38.2 Å². The molecule has 1 aromatic rings. The van der Waals surface area contributed by atoms with Crippen molar-refractivity contribution >= 4 is 0 Å². The Hall–Kier alpha value is -1.02. The Labute approximate surface area is 105 Å². The molecular formula is C15H25NO. The Morgan fingerprint density at radius 3 is 2.41 bits per heavy atom. The highest BCUT2D eigenvalue weighted by molar-refractivity contribution is 5.43. The molecule has 0 fully saturated rings. The lowest BCUT2D eigenvalue weighted by atomic mass is 9.91. The number of nitrogens with one attached hydrogen (secondary N) is 1. The molecule has 0 aromatic heterocycles. The molecule has 0 saturated heterocycles. The number of aryl methyl sites for hydroxylation is 2. The number of hydrogen-bond acceptors (Lipinski definition) is 2. The van der Waals surface area contributed by atoms with E-state index in [1.807, 2.05) is 14.0 Å². The van der Waals surface area contributed by atoms with Crippen molar-refractivity contribution in [1.29, 1.82) is 0 Å². The lowest BCUT2D eigenvalue weighted by Gasteiger charge is -2.19. The first-order chi connectivity index (χ1) is 8.13. The van der Waals surface area contributed by atoms with Crippen LogP contribution in [-0.4, -0.2) is 20.2 Å². The van der Waals surface area contributed by atoms with Crippen molar-refractivity contribution in [2.75, 3.05) is 20.2 Å². The van der Waals surface area contributed by atoms with Gasteiger partial charge in [0.1, 0.15) is 5.75 Å². The summed E-state index contributed by atoms with van der Waals surface area (Å²) in [7, 11) is 2.01. The number of hydrogen-bond donors (Lipinski definition) is 1. The molecule has 1 atom stereocenters. The summed E-state index contributed by atoms with van der Waals surface area (Å²) in [5.74, 6) is 1.61. The van der Waals surface area contributed by atoms with E-state index in [9.17, 15) is 0 Å². The second-order valence-electron chi connectivity index (χ2n) is 4.57. The zero-order valence-corrected chi connectivity index (χ0v) is 11.8. The summed E-state index contributed by atoms with van der Waals surface area (Å²) in [4.78, 5) is 0. The van der Waals surface area contributed by atoms with Gasteiger partial charge in [-0.2, -0.15) is 0 Å². The molecule has 1 N–H and O–H groups in total. The highest BCUT2D eigenvalue weighted by Gasteiger charge is 2.13. The van der Waals surface area contributed by atoms with Crippen molar-refractivity contribution in [2.24, 2.45) is 0 Å². The number of ether oxygens (including phenoxy) is 1. The Morgan fingerprint density at radius 1 is 1.18 bits per heavy atom. The van der Waals surface area contributed by atoms with Gasteiger partial charge in [0.05, 0.1) is 6.61 Å². The van der Waals surface area contributed by atoms with Crippen LogP contribution in [-0.2, 0) is 0 Å². The van der Waals surface area contributed by atoms with Gasteiger partial charge in [-0.1, -0.05) is 13.0 Å². The molecular weight excluding hydrogens is 210 g/mol. The predicted octanol–water partition coefficient (Wildman–Crippen LogP) is 3.42. The predicted molar refractivity (Wildman–Crippen MR) is 74.0 cm³/mol. The van der Waals surface area contributed by atoms with Crippen LogP contribution in [0.4, 0.5) is 0 Å². The van der Waals surface area contributed by atoms with Crippen LogP contribution in [0.15, 0.2) is 12.1 Å². The van der Waals surface area contributed by atoms with E-state index in [0.29, 0.717) is 5.92 Å². The van der Waals surface area contributed by atoms with Crippen molar-refractivity contribution < 1.29 is 4.74 Å². The summed E-state index contributed by atoms with van der Waals surface area (Å²) >= 11 is 0. The molecule has 1 rings (SSSR count). The van der Waals surface area contributed by atoms with Gasteiger partial charge in [-0.15, -0.1) is 0 Å². The normalized spacial score (nSPS) is 12.5. The average Bonchev–Trinajstić information content (AvgIpc) is 2.31. The molecule has 2 nitrogen and oxygen atoms in total. The molecule has 0 aliphatic rings. The molecule has 0 bridgehead atoms. The van der Waals surface area contributed by atoms with Crippen LogP contribution in [0.1, 0.15) is 42.9 Å². The summed E-state index contributed by atoms with van der Waals surface area (Å²) < 4.78 is 5.63. The molecule has 0 saturated carbocycles. The second kappa shape index (κ2) is 6.65. The molecule has 0 aliphatic heterocycles. The summed E-state index contributed by atoms with van der Waals surface area (Å²) in [6.45, 7) is 10.3. The first-order valence-corrected chi connectivity index (χ1v) is 6.52. The Balaban J connectivity index is 3.04. The highest BCUT2D eigenvalue weighted by atomic mass is 16.5. The van der Waals surface area contributed by atoms with Crippen LogP contribution in [0, 0.1) is 13.8 Å². The SMILES string of the molecule is CCOc1cc(C)c(C(CC)CNC)cc1C. The van der Waals surface area contributed by atoms with Gasteiger partial charge in [0.2, 0.25) is 0 Å². The largest absolute Gasteiger partial charge is 0.494 e. The van der Waals surface area contributed by atoms with Crippen LogP contribution < -0.4 is 10.1 Å². The molecule has 17 heavy (non-hydrogen) atoms. The first-order valence-electron chi connectivity index (χ1n) is 6.52. The lowest BCUT2D eigenvalue weighted by Crippen LogP contribution is -2.17. The molecule has 1 unspecified atom stereocenters. The van der Waals surface area contributed by atoms with Crippen LogP contribution in [0.2, 0.25) is 0 Å². The minimum absolute atomic E-state index is 0.592. The van der Waals surface area contributed by atoms with Gasteiger partial charge >= 0.3 is 0 Å². The van der Waals surface area contributed by atoms with Gasteiger partial charge in [0.25, 0.3) is 0 Å². The monoisotopic (exact) mass is 235 g/mol. The number of likely N-dealkylation sites (N-methyl/N-ethyl adjacent to an activating group) is 1. The molecule has 0 heterocycles. The van der Waals surface area contributed by atoms with Crippen molar-refractivity contribution in [2.45, 2.75) is 40.0 Å². The zero-order valence-electron chi connectivity index (χ0n) is 11.8. The van der Waals surface area contributed by atoms with Crippen molar-refractivity contribution in [3.05, 3.63) is 28.8 Å². The van der Waals surface area contributed by atoms with E-state index in [1.54, 1.807) is 0 Å². The van der Waals surface area contributed by atoms with E-state index in [1.165, 1.54) is 16.7 Å². The van der Waals surface area contributed by atoms with E-state index in [4.69, 9.17) is 4.74 Å². The van der Waals surface area contributed by atoms with Gasteiger partial charge in [-0.3, -0.25) is 0 Å². The first kappa shape index (κ1) is 14.0. The topological polar surface area (TPSA) is 21.3 Å². The van der Waals surface area contributed by atoms with Crippen LogP contribution >= 0.6 is 0 Å². The summed E-state index contributed by atoms with van der Waals surface area (Å²) in [5.41, 5.74) is 4.02. The Kier molecular flexibility index (Phi) is 5.49. The van der Waals surface area contributed by atoms with Crippen molar-refractivity contribution in [1.82, 2.24) is 5.32 Å². The minimum Gasteiger partial charge on any atom is -0.494 e. The van der Waals surface area contributed by atoms with E-state index >= 15 is 0 Å². The number of rotatable bonds is 6. The van der Waals surface area contributed by atoms with Crippen LogP contribution in [0.25, 0.3) is 0 Å². The average molecular weight is 235 g/mol. The maximum absolute atomic E-state index is 5.63. The Bertz CT molecular complexity index is 360. The zero-order chi connectivity index (χ0) is 12.8. The maximum atomic E-state index is 5.63. The van der Waals surface area contributed by atoms with Gasteiger partial charge in [0, 0.05) is 6.54 Å². The third kappa shape index (κ3) is 3.47. The van der Waals surface area contributed by atoms with Gasteiger partial charge < -0.3 is 10.1 Å². The van der Waals surface area contributed by atoms with E-state index in [-0.39, 0.29) is 0 Å². The molecule has 0 radical (unpaired) electrons. The smallest absolute Gasteiger partial charge is 0.122 e. The lowest BCUT2D eigenvalue weighted by molar-refractivity contribution is 0.337. The van der Waals surface area contributed by atoms with E-state index in [0.717, 1.165) is 25.3 Å². The fourth-order valence-electron chi connectivity index (χ4n) is 2.28. The second-order valence-corrected chi connectivity index (χ2v) is 4.57. The summed E-state index contributed by atoms with van der Waals surface area (Å²) in [5, 5.41) is 3.27. The fourth-order valence-corrected chi connectivity index (χ4v) is 2.28. The standard InChI is InChI=1S/C15H25NO/c1-6-13(10-16-5)14-8-12(4)15(17-7-2)9-11(14)3/h8-9,13,16H,6-7,10H2,1-5H3. The number of benzene rings is 1. The van der Waals surface area contributed by atoms with Gasteiger partial charge in [-0.25, -0.2) is 0 Å². The third-order valence-electron chi connectivity index (χ3n) is 3.25. The molecule has 0 amide bonds. The quantitative estimate of drug-likeness (QED) is 0.816. The van der Waals surface area contributed by atoms with Crippen molar-refractivity contribution in [3.63, 3.8) is 0 Å². The molecule has 96 valence electrons. The van der Waals surface area contributed by atoms with E-state index < -0.39 is 0 Å². The van der Waals surface area contributed by atoms with Crippen molar-refractivity contribution in [3.8, 4) is 5.75 Å². The Morgan fingerprint density at radius 2 is 1.88 bits per heavy atom. The summed E-state index contributed by atoms with van der Waals surface area (Å²) in [6.07, 6.45) is 1.16. The molecule has 1 aromatic carbocycles. The third-order valence-corrected chi connectivity index (χ3v) is 3.25. The maximum Gasteiger partial charge on any atom is 0.122 e. The van der Waals surface area contributed by atoms with Gasteiger partial charge in [0.15, 0.2) is 0 Å². The van der Waals surface area contributed by atoms with Gasteiger partial charge in [-0.05, 0) is 62.9 Å². The fraction of sp³-hybridized carbons (Fsp3) is 0.600. The minimum atomic E-state index is 0.592. The van der Waals surface area contributed by atoms with Crippen LogP contribution in [0.5, 0.6) is 5.75 Å². The summed E-state index contributed by atoms with van der Waals surface area (Å²) in [6, 6.07) is 4.46. The molecule has 2 heteroatoms.